The van der Waals surface area contributed by atoms with Gasteiger partial charge in [0.25, 0.3) is 0 Å². The van der Waals surface area contributed by atoms with Crippen LogP contribution in [0.3, 0.4) is 0 Å². The van der Waals surface area contributed by atoms with Crippen molar-refractivity contribution in [3.05, 3.63) is 33.8 Å². The first-order valence-electron chi connectivity index (χ1n) is 6.21. The fraction of sp³-hybridized carbons (Fsp3) is 0.571. The first kappa shape index (κ1) is 12.1. The summed E-state index contributed by atoms with van der Waals surface area (Å²) in [5.74, 6) is 0.862. The second-order valence-corrected chi connectivity index (χ2v) is 5.63. The zero-order chi connectivity index (χ0) is 11.5. The van der Waals surface area contributed by atoms with Gasteiger partial charge in [-0.2, -0.15) is 0 Å². The molecule has 0 radical (unpaired) electrons. The third kappa shape index (κ3) is 2.86. The smallest absolute Gasteiger partial charge is 0.0349 e. The van der Waals surface area contributed by atoms with Crippen molar-refractivity contribution in [3.8, 4) is 0 Å². The van der Waals surface area contributed by atoms with E-state index in [2.05, 4.69) is 53.3 Å². The minimum atomic E-state index is 0.567. The van der Waals surface area contributed by atoms with Gasteiger partial charge in [-0.3, -0.25) is 0 Å². The number of rotatable bonds is 5. The molecule has 2 heteroatoms. The number of hydrogen-bond acceptors (Lipinski definition) is 1. The lowest BCUT2D eigenvalue weighted by Crippen LogP contribution is -2.23. The summed E-state index contributed by atoms with van der Waals surface area (Å²) in [6.07, 6.45) is 3.97. The summed E-state index contributed by atoms with van der Waals surface area (Å²) in [6.45, 7) is 5.48. The molecule has 16 heavy (non-hydrogen) atoms. The van der Waals surface area contributed by atoms with Gasteiger partial charge >= 0.3 is 0 Å². The van der Waals surface area contributed by atoms with E-state index in [-0.39, 0.29) is 0 Å². The Hall–Kier alpha value is -0.340. The fourth-order valence-corrected chi connectivity index (χ4v) is 2.49. The molecule has 1 atom stereocenters. The van der Waals surface area contributed by atoms with Crippen molar-refractivity contribution in [2.75, 3.05) is 6.54 Å². The van der Waals surface area contributed by atoms with Crippen LogP contribution in [-0.4, -0.2) is 6.54 Å². The van der Waals surface area contributed by atoms with E-state index in [0.717, 1.165) is 12.5 Å². The maximum Gasteiger partial charge on any atom is 0.0349 e. The van der Waals surface area contributed by atoms with Crippen LogP contribution in [0.1, 0.15) is 43.4 Å². The summed E-state index contributed by atoms with van der Waals surface area (Å²) in [5.41, 5.74) is 2.75. The largest absolute Gasteiger partial charge is 0.310 e. The lowest BCUT2D eigenvalue weighted by molar-refractivity contribution is 0.481. The van der Waals surface area contributed by atoms with Gasteiger partial charge in [0.2, 0.25) is 0 Å². The minimum absolute atomic E-state index is 0.567. The van der Waals surface area contributed by atoms with Gasteiger partial charge in [0.15, 0.2) is 0 Å². The molecule has 0 saturated heterocycles. The van der Waals surface area contributed by atoms with Crippen LogP contribution in [-0.2, 0) is 0 Å². The summed E-state index contributed by atoms with van der Waals surface area (Å²) < 4.78 is 1.23. The van der Waals surface area contributed by atoms with E-state index < -0.39 is 0 Å². The van der Waals surface area contributed by atoms with Crippen molar-refractivity contribution in [3.63, 3.8) is 0 Å². The summed E-state index contributed by atoms with van der Waals surface area (Å²) in [6, 6.07) is 7.33. The summed E-state index contributed by atoms with van der Waals surface area (Å²) in [7, 11) is 0. The molecule has 1 nitrogen and oxygen atoms in total. The maximum atomic E-state index is 3.67. The molecule has 1 aromatic rings. The van der Waals surface area contributed by atoms with Crippen LogP contribution in [0.15, 0.2) is 22.7 Å². The van der Waals surface area contributed by atoms with E-state index in [1.807, 2.05) is 0 Å². The first-order valence-corrected chi connectivity index (χ1v) is 7.01. The van der Waals surface area contributed by atoms with Crippen molar-refractivity contribution in [1.29, 1.82) is 0 Å². The van der Waals surface area contributed by atoms with Crippen molar-refractivity contribution in [2.45, 2.75) is 39.2 Å². The standard InChI is InChI=1S/C14H20BrN/c1-3-8-16-14(11-6-7-11)12-5-4-10(2)13(15)9-12/h4-5,9,11,14,16H,3,6-8H2,1-2H3. The minimum Gasteiger partial charge on any atom is -0.310 e. The van der Waals surface area contributed by atoms with Gasteiger partial charge in [-0.1, -0.05) is 35.0 Å². The van der Waals surface area contributed by atoms with Crippen LogP contribution in [0.2, 0.25) is 0 Å². The highest BCUT2D eigenvalue weighted by Gasteiger charge is 2.31. The Bertz CT molecular complexity index is 358. The number of aryl methyl sites for hydroxylation is 1. The summed E-state index contributed by atoms with van der Waals surface area (Å²) in [5, 5.41) is 3.67. The summed E-state index contributed by atoms with van der Waals surface area (Å²) in [4.78, 5) is 0. The van der Waals surface area contributed by atoms with Gasteiger partial charge in [-0.25, -0.2) is 0 Å². The van der Waals surface area contributed by atoms with E-state index in [4.69, 9.17) is 0 Å². The predicted molar refractivity (Wildman–Crippen MR) is 72.6 cm³/mol. The van der Waals surface area contributed by atoms with Crippen LogP contribution in [0.5, 0.6) is 0 Å². The Labute approximate surface area is 107 Å². The molecule has 1 fully saturated rings. The normalized spacial score (nSPS) is 17.4. The lowest BCUT2D eigenvalue weighted by Gasteiger charge is -2.19. The molecule has 1 aliphatic rings. The van der Waals surface area contributed by atoms with Crippen LogP contribution in [0.25, 0.3) is 0 Å². The molecule has 1 N–H and O–H groups in total. The molecule has 2 rings (SSSR count). The van der Waals surface area contributed by atoms with Crippen LogP contribution >= 0.6 is 15.9 Å². The molecule has 0 aliphatic heterocycles. The predicted octanol–water partition coefficient (Wildman–Crippen LogP) is 4.21. The van der Waals surface area contributed by atoms with Crippen molar-refractivity contribution < 1.29 is 0 Å². The monoisotopic (exact) mass is 281 g/mol. The van der Waals surface area contributed by atoms with Crippen LogP contribution < -0.4 is 5.32 Å². The van der Waals surface area contributed by atoms with Gasteiger partial charge in [-0.05, 0) is 55.8 Å². The van der Waals surface area contributed by atoms with Crippen molar-refractivity contribution in [2.24, 2.45) is 5.92 Å². The Kier molecular flexibility index (Phi) is 4.04. The molecule has 0 aromatic heterocycles. The Morgan fingerprint density at radius 3 is 2.75 bits per heavy atom. The number of nitrogens with one attached hydrogen (secondary N) is 1. The Balaban J connectivity index is 2.14. The van der Waals surface area contributed by atoms with Gasteiger partial charge in [0, 0.05) is 10.5 Å². The maximum absolute atomic E-state index is 3.67. The number of benzene rings is 1. The molecular weight excluding hydrogens is 262 g/mol. The molecule has 1 aromatic carbocycles. The van der Waals surface area contributed by atoms with Crippen LogP contribution in [0.4, 0.5) is 0 Å². The molecule has 1 saturated carbocycles. The van der Waals surface area contributed by atoms with Crippen LogP contribution in [0, 0.1) is 12.8 Å². The van der Waals surface area contributed by atoms with Gasteiger partial charge in [0.1, 0.15) is 0 Å². The van der Waals surface area contributed by atoms with E-state index in [9.17, 15) is 0 Å². The molecule has 0 amide bonds. The third-order valence-electron chi connectivity index (χ3n) is 3.26. The van der Waals surface area contributed by atoms with Crippen molar-refractivity contribution in [1.82, 2.24) is 5.32 Å². The highest BCUT2D eigenvalue weighted by molar-refractivity contribution is 9.10. The first-order chi connectivity index (χ1) is 7.72. The molecule has 0 spiro atoms. The molecule has 0 bridgehead atoms. The van der Waals surface area contributed by atoms with Gasteiger partial charge in [0.05, 0.1) is 0 Å². The Morgan fingerprint density at radius 1 is 1.44 bits per heavy atom. The molecular formula is C14H20BrN. The highest BCUT2D eigenvalue weighted by Crippen LogP contribution is 2.41. The number of halogens is 1. The average Bonchev–Trinajstić information content (AvgIpc) is 3.08. The zero-order valence-corrected chi connectivity index (χ0v) is 11.7. The number of hydrogen-bond donors (Lipinski definition) is 1. The van der Waals surface area contributed by atoms with Crippen molar-refractivity contribution >= 4 is 15.9 Å². The SMILES string of the molecule is CCCNC(c1ccc(C)c(Br)c1)C1CC1. The third-order valence-corrected chi connectivity index (χ3v) is 4.12. The van der Waals surface area contributed by atoms with E-state index in [1.165, 1.54) is 34.9 Å². The topological polar surface area (TPSA) is 12.0 Å². The lowest BCUT2D eigenvalue weighted by atomic mass is 10.0. The fourth-order valence-electron chi connectivity index (χ4n) is 2.09. The molecule has 0 heterocycles. The molecule has 1 unspecified atom stereocenters. The van der Waals surface area contributed by atoms with Gasteiger partial charge in [-0.15, -0.1) is 0 Å². The molecule has 88 valence electrons. The second-order valence-electron chi connectivity index (χ2n) is 4.78. The zero-order valence-electron chi connectivity index (χ0n) is 10.1. The second kappa shape index (κ2) is 5.33. The van der Waals surface area contributed by atoms with E-state index >= 15 is 0 Å². The van der Waals surface area contributed by atoms with E-state index in [0.29, 0.717) is 6.04 Å². The van der Waals surface area contributed by atoms with E-state index in [1.54, 1.807) is 0 Å². The Morgan fingerprint density at radius 2 is 2.19 bits per heavy atom. The average molecular weight is 282 g/mol. The highest BCUT2D eigenvalue weighted by atomic mass is 79.9. The summed E-state index contributed by atoms with van der Waals surface area (Å²) >= 11 is 3.62. The molecule has 1 aliphatic carbocycles. The quantitative estimate of drug-likeness (QED) is 0.853. The van der Waals surface area contributed by atoms with Gasteiger partial charge < -0.3 is 5.32 Å².